The van der Waals surface area contributed by atoms with Gasteiger partial charge < -0.3 is 4.90 Å². The van der Waals surface area contributed by atoms with Gasteiger partial charge in [-0.2, -0.15) is 0 Å². The van der Waals surface area contributed by atoms with Gasteiger partial charge in [-0.3, -0.25) is 9.55 Å². The van der Waals surface area contributed by atoms with Crippen LogP contribution in [0.4, 0.5) is 10.1 Å². The highest BCUT2D eigenvalue weighted by molar-refractivity contribution is 7.99. The highest BCUT2D eigenvalue weighted by Crippen LogP contribution is 2.40. The maximum Gasteiger partial charge on any atom is 0.194 e. The third-order valence-corrected chi connectivity index (χ3v) is 6.95. The van der Waals surface area contributed by atoms with E-state index in [0.717, 1.165) is 29.4 Å². The molecule has 0 radical (unpaired) electrons. The molecule has 0 unspecified atom stereocenters. The van der Waals surface area contributed by atoms with E-state index in [9.17, 15) is 4.39 Å². The van der Waals surface area contributed by atoms with Crippen LogP contribution in [0.3, 0.4) is 0 Å². The topological polar surface area (TPSA) is 46.8 Å². The first kappa shape index (κ1) is 17.9. The molecule has 3 heterocycles. The summed E-state index contributed by atoms with van der Waals surface area (Å²) in [6.07, 6.45) is 4.48. The summed E-state index contributed by atoms with van der Waals surface area (Å²) in [5, 5.41) is 10.7. The number of halogens is 1. The van der Waals surface area contributed by atoms with Crippen LogP contribution in [0.15, 0.2) is 53.7 Å². The lowest BCUT2D eigenvalue weighted by molar-refractivity contribution is 0.594. The van der Waals surface area contributed by atoms with Crippen LogP contribution in [0, 0.1) is 5.82 Å². The number of pyridine rings is 1. The molecule has 1 aliphatic carbocycles. The molecule has 0 fully saturated rings. The predicted octanol–water partition coefficient (Wildman–Crippen LogP) is 5.04. The van der Waals surface area contributed by atoms with Gasteiger partial charge in [0.05, 0.1) is 29.3 Å². The largest absolute Gasteiger partial charge is 0.343 e. The Morgan fingerprint density at radius 1 is 0.933 bits per heavy atom. The molecule has 0 atom stereocenters. The maximum absolute atomic E-state index is 14.5. The number of aromatic nitrogens is 4. The van der Waals surface area contributed by atoms with Gasteiger partial charge in [0.15, 0.2) is 11.0 Å². The Hall–Kier alpha value is -2.93. The van der Waals surface area contributed by atoms with Gasteiger partial charge in [-0.15, -0.1) is 10.2 Å². The van der Waals surface area contributed by atoms with E-state index in [1.54, 1.807) is 23.9 Å². The van der Waals surface area contributed by atoms with Crippen molar-refractivity contribution in [3.8, 4) is 11.4 Å². The molecular formula is C23H20FN5S. The molecule has 1 aliphatic heterocycles. The highest BCUT2D eigenvalue weighted by Gasteiger charge is 2.28. The van der Waals surface area contributed by atoms with Crippen LogP contribution < -0.4 is 4.90 Å². The summed E-state index contributed by atoms with van der Waals surface area (Å²) in [7, 11) is 0. The minimum atomic E-state index is -0.276. The predicted molar refractivity (Wildman–Crippen MR) is 117 cm³/mol. The number of aryl methyl sites for hydroxylation is 1. The fourth-order valence-corrected chi connectivity index (χ4v) is 5.44. The second kappa shape index (κ2) is 7.09. The van der Waals surface area contributed by atoms with Crippen LogP contribution in [-0.2, 0) is 19.5 Å². The van der Waals surface area contributed by atoms with Gasteiger partial charge in [0.2, 0.25) is 0 Å². The molecule has 7 heteroatoms. The molecule has 0 bridgehead atoms. The van der Waals surface area contributed by atoms with Crippen molar-refractivity contribution in [3.63, 3.8) is 0 Å². The number of hydrogen-bond acceptors (Lipinski definition) is 5. The maximum atomic E-state index is 14.5. The van der Waals surface area contributed by atoms with Crippen molar-refractivity contribution in [3.05, 3.63) is 65.6 Å². The number of hydrogen-bond donors (Lipinski definition) is 0. The van der Waals surface area contributed by atoms with Crippen molar-refractivity contribution in [1.29, 1.82) is 0 Å². The second-order valence-corrected chi connectivity index (χ2v) is 8.69. The summed E-state index contributed by atoms with van der Waals surface area (Å²) in [6, 6.07) is 15.2. The van der Waals surface area contributed by atoms with Gasteiger partial charge in [0.25, 0.3) is 0 Å². The smallest absolute Gasteiger partial charge is 0.194 e. The van der Waals surface area contributed by atoms with Gasteiger partial charge in [0.1, 0.15) is 5.82 Å². The van der Waals surface area contributed by atoms with Crippen LogP contribution in [0.2, 0.25) is 0 Å². The number of benzene rings is 2. The van der Waals surface area contributed by atoms with Crippen molar-refractivity contribution in [2.24, 2.45) is 0 Å². The first-order chi connectivity index (χ1) is 14.8. The molecule has 0 spiro atoms. The fourth-order valence-electron chi connectivity index (χ4n) is 4.56. The summed E-state index contributed by atoms with van der Waals surface area (Å²) in [4.78, 5) is 7.34. The second-order valence-electron chi connectivity index (χ2n) is 7.78. The molecule has 5 nitrogen and oxygen atoms in total. The van der Waals surface area contributed by atoms with Gasteiger partial charge in [-0.1, -0.05) is 42.1 Å². The monoisotopic (exact) mass is 417 g/mol. The Balaban J connectivity index is 1.49. The van der Waals surface area contributed by atoms with E-state index < -0.39 is 0 Å². The van der Waals surface area contributed by atoms with Crippen molar-refractivity contribution >= 4 is 28.4 Å². The van der Waals surface area contributed by atoms with Crippen molar-refractivity contribution < 1.29 is 4.39 Å². The summed E-state index contributed by atoms with van der Waals surface area (Å²) >= 11 is 1.64. The first-order valence-electron chi connectivity index (χ1n) is 10.3. The van der Waals surface area contributed by atoms with E-state index in [1.165, 1.54) is 41.2 Å². The molecule has 0 N–H and O–H groups in total. The third-order valence-electron chi connectivity index (χ3n) is 5.95. The number of rotatable bonds is 2. The molecule has 6 rings (SSSR count). The number of thioether (sulfide) groups is 1. The zero-order valence-electron chi connectivity index (χ0n) is 16.4. The van der Waals surface area contributed by atoms with Gasteiger partial charge in [-0.05, 0) is 49.4 Å². The summed E-state index contributed by atoms with van der Waals surface area (Å²) in [5.41, 5.74) is 5.39. The first-order valence-corrected chi connectivity index (χ1v) is 11.2. The summed E-state index contributed by atoms with van der Waals surface area (Å²) < 4.78 is 16.5. The quantitative estimate of drug-likeness (QED) is 0.457. The number of anilines is 1. The molecule has 2 aromatic carbocycles. The Bertz CT molecular complexity index is 1270. The number of nitrogens with zero attached hydrogens (tertiary/aromatic N) is 5. The average Bonchev–Trinajstić information content (AvgIpc) is 3.21. The Kier molecular flexibility index (Phi) is 4.23. The van der Waals surface area contributed by atoms with Crippen LogP contribution >= 0.6 is 11.8 Å². The van der Waals surface area contributed by atoms with Gasteiger partial charge in [0, 0.05) is 11.1 Å². The molecule has 4 aromatic rings. The lowest BCUT2D eigenvalue weighted by Gasteiger charge is -2.33. The SMILES string of the molecule is Fc1ccccc1-c1nnc2n1CN(c1c3c(nc4ccccc14)CCCC3)CS2. The lowest BCUT2D eigenvalue weighted by atomic mass is 9.92. The fraction of sp³-hybridized carbons (Fsp3) is 0.261. The summed E-state index contributed by atoms with van der Waals surface area (Å²) in [6.45, 7) is 0.597. The molecule has 150 valence electrons. The zero-order valence-corrected chi connectivity index (χ0v) is 17.2. The Morgan fingerprint density at radius 2 is 1.77 bits per heavy atom. The lowest BCUT2D eigenvalue weighted by Crippen LogP contribution is -2.32. The van der Waals surface area contributed by atoms with Crippen molar-refractivity contribution in [2.75, 3.05) is 10.8 Å². The van der Waals surface area contributed by atoms with E-state index in [0.29, 0.717) is 18.1 Å². The number of para-hydroxylation sites is 1. The number of fused-ring (bicyclic) bond motifs is 3. The minimum absolute atomic E-state index is 0.276. The van der Waals surface area contributed by atoms with Crippen molar-refractivity contribution in [1.82, 2.24) is 19.7 Å². The van der Waals surface area contributed by atoms with Gasteiger partial charge >= 0.3 is 0 Å². The van der Waals surface area contributed by atoms with E-state index in [1.807, 2.05) is 16.7 Å². The molecule has 30 heavy (non-hydrogen) atoms. The van der Waals surface area contributed by atoms with Crippen LogP contribution in [0.1, 0.15) is 24.1 Å². The Morgan fingerprint density at radius 3 is 2.70 bits per heavy atom. The van der Waals surface area contributed by atoms with Crippen LogP contribution in [0.25, 0.3) is 22.3 Å². The van der Waals surface area contributed by atoms with Crippen molar-refractivity contribution in [2.45, 2.75) is 37.5 Å². The van der Waals surface area contributed by atoms with E-state index in [-0.39, 0.29) is 5.82 Å². The Labute approximate surface area is 178 Å². The van der Waals surface area contributed by atoms with Gasteiger partial charge in [-0.25, -0.2) is 4.39 Å². The molecular weight excluding hydrogens is 397 g/mol. The van der Waals surface area contributed by atoms with E-state index in [4.69, 9.17) is 4.98 Å². The molecule has 0 saturated carbocycles. The molecule has 2 aromatic heterocycles. The third kappa shape index (κ3) is 2.80. The minimum Gasteiger partial charge on any atom is -0.343 e. The van der Waals surface area contributed by atoms with E-state index in [2.05, 4.69) is 33.3 Å². The molecule has 2 aliphatic rings. The van der Waals surface area contributed by atoms with Crippen LogP contribution in [-0.4, -0.2) is 25.6 Å². The average molecular weight is 418 g/mol. The normalized spacial score (nSPS) is 15.8. The molecule has 0 saturated heterocycles. The van der Waals surface area contributed by atoms with Crippen LogP contribution in [0.5, 0.6) is 0 Å². The highest BCUT2D eigenvalue weighted by atomic mass is 32.2. The molecule has 0 amide bonds. The standard InChI is InChI=1S/C23H20FN5S/c24-18-10-4-1-7-15(18)22-26-27-23-29(22)13-28(14-30-23)21-16-8-2-5-11-19(16)25-20-12-6-3-9-17(20)21/h1-2,4-5,7-8,10-11H,3,6,9,12-14H2. The summed E-state index contributed by atoms with van der Waals surface area (Å²) in [5.74, 6) is 1.09. The zero-order chi connectivity index (χ0) is 20.1. The van der Waals surface area contributed by atoms with E-state index >= 15 is 0 Å².